The fourth-order valence-electron chi connectivity index (χ4n) is 2.33. The Morgan fingerprint density at radius 3 is 2.55 bits per heavy atom. The van der Waals surface area contributed by atoms with Crippen LogP contribution in [0.2, 0.25) is 0 Å². The first-order chi connectivity index (χ1) is 10.3. The minimum Gasteiger partial charge on any atom is -0.494 e. The SMILES string of the molecule is COc1cc(C(=O)NCC2CCS(=O)(=O)CC2)cc(F)c1F. The van der Waals surface area contributed by atoms with Crippen molar-refractivity contribution in [2.45, 2.75) is 12.8 Å². The highest BCUT2D eigenvalue weighted by molar-refractivity contribution is 7.91. The number of benzene rings is 1. The Morgan fingerprint density at radius 2 is 1.95 bits per heavy atom. The molecule has 0 aromatic heterocycles. The van der Waals surface area contributed by atoms with Crippen molar-refractivity contribution in [3.63, 3.8) is 0 Å². The predicted octanol–water partition coefficient (Wildman–Crippen LogP) is 1.53. The van der Waals surface area contributed by atoms with E-state index < -0.39 is 27.4 Å². The van der Waals surface area contributed by atoms with Gasteiger partial charge in [0, 0.05) is 12.1 Å². The summed E-state index contributed by atoms with van der Waals surface area (Å²) in [6.07, 6.45) is 0.980. The van der Waals surface area contributed by atoms with Crippen molar-refractivity contribution < 1.29 is 26.7 Å². The lowest BCUT2D eigenvalue weighted by atomic mass is 10.0. The molecule has 2 rings (SSSR count). The summed E-state index contributed by atoms with van der Waals surface area (Å²) in [5.74, 6) is -2.89. The second-order valence-corrected chi connectivity index (χ2v) is 7.58. The van der Waals surface area contributed by atoms with E-state index >= 15 is 0 Å². The van der Waals surface area contributed by atoms with Gasteiger partial charge >= 0.3 is 0 Å². The van der Waals surface area contributed by atoms with Crippen molar-refractivity contribution in [2.75, 3.05) is 25.2 Å². The standard InChI is InChI=1S/C14H17F2NO4S/c1-21-12-7-10(6-11(15)13(12)16)14(18)17-8-9-2-4-22(19,20)5-3-9/h6-7,9H,2-5,8H2,1H3,(H,17,18). The van der Waals surface area contributed by atoms with E-state index in [-0.39, 0.29) is 28.7 Å². The normalized spacial score (nSPS) is 18.0. The predicted molar refractivity (Wildman–Crippen MR) is 76.6 cm³/mol. The van der Waals surface area contributed by atoms with Gasteiger partial charge in [-0.05, 0) is 30.9 Å². The van der Waals surface area contributed by atoms with Gasteiger partial charge in [-0.2, -0.15) is 4.39 Å². The fraction of sp³-hybridized carbons (Fsp3) is 0.500. The zero-order valence-electron chi connectivity index (χ0n) is 12.1. The van der Waals surface area contributed by atoms with Crippen molar-refractivity contribution in [3.8, 4) is 5.75 Å². The number of carbonyl (C=O) groups is 1. The zero-order valence-corrected chi connectivity index (χ0v) is 12.9. The summed E-state index contributed by atoms with van der Waals surface area (Å²) in [5, 5.41) is 2.62. The molecule has 1 aliphatic rings. The molecule has 5 nitrogen and oxygen atoms in total. The maximum Gasteiger partial charge on any atom is 0.251 e. The van der Waals surface area contributed by atoms with Crippen molar-refractivity contribution in [2.24, 2.45) is 5.92 Å². The van der Waals surface area contributed by atoms with Gasteiger partial charge in [-0.25, -0.2) is 12.8 Å². The van der Waals surface area contributed by atoms with Crippen molar-refractivity contribution >= 4 is 15.7 Å². The minimum absolute atomic E-state index is 0.0424. The van der Waals surface area contributed by atoms with E-state index in [1.54, 1.807) is 0 Å². The zero-order chi connectivity index (χ0) is 16.3. The van der Waals surface area contributed by atoms with Crippen LogP contribution in [0.15, 0.2) is 12.1 Å². The van der Waals surface area contributed by atoms with Crippen LogP contribution < -0.4 is 10.1 Å². The van der Waals surface area contributed by atoms with Crippen LogP contribution in [0.3, 0.4) is 0 Å². The molecule has 1 aliphatic heterocycles. The largest absolute Gasteiger partial charge is 0.494 e. The molecule has 1 amide bonds. The summed E-state index contributed by atoms with van der Waals surface area (Å²) >= 11 is 0. The third kappa shape index (κ3) is 3.94. The van der Waals surface area contributed by atoms with Gasteiger partial charge in [0.2, 0.25) is 5.82 Å². The van der Waals surface area contributed by atoms with Crippen LogP contribution in [-0.4, -0.2) is 39.5 Å². The summed E-state index contributed by atoms with van der Waals surface area (Å²) in [7, 11) is -1.76. The number of amides is 1. The number of sulfone groups is 1. The Bertz CT molecular complexity index is 662. The number of methoxy groups -OCH3 is 1. The number of halogens is 2. The number of hydrogen-bond acceptors (Lipinski definition) is 4. The highest BCUT2D eigenvalue weighted by Gasteiger charge is 2.24. The molecule has 1 aromatic carbocycles. The molecular weight excluding hydrogens is 316 g/mol. The fourth-order valence-corrected chi connectivity index (χ4v) is 3.91. The van der Waals surface area contributed by atoms with E-state index in [4.69, 9.17) is 0 Å². The maximum absolute atomic E-state index is 13.4. The molecule has 0 aliphatic carbocycles. The molecule has 0 spiro atoms. The summed E-state index contributed by atoms with van der Waals surface area (Å²) in [6.45, 7) is 0.301. The smallest absolute Gasteiger partial charge is 0.251 e. The molecule has 0 atom stereocenters. The van der Waals surface area contributed by atoms with E-state index in [0.717, 1.165) is 12.1 Å². The average Bonchev–Trinajstić information content (AvgIpc) is 2.48. The van der Waals surface area contributed by atoms with Gasteiger partial charge in [-0.1, -0.05) is 0 Å². The number of rotatable bonds is 4. The summed E-state index contributed by atoms with van der Waals surface area (Å²) in [5.41, 5.74) is -0.0424. The van der Waals surface area contributed by atoms with Crippen LogP contribution in [0.4, 0.5) is 8.78 Å². The topological polar surface area (TPSA) is 72.5 Å². The highest BCUT2D eigenvalue weighted by Crippen LogP contribution is 2.22. The number of hydrogen-bond donors (Lipinski definition) is 1. The Hall–Kier alpha value is -1.70. The third-order valence-electron chi connectivity index (χ3n) is 3.70. The molecule has 1 heterocycles. The van der Waals surface area contributed by atoms with Crippen LogP contribution >= 0.6 is 0 Å². The molecule has 1 fully saturated rings. The highest BCUT2D eigenvalue weighted by atomic mass is 32.2. The second kappa shape index (κ2) is 6.60. The van der Waals surface area contributed by atoms with Gasteiger partial charge < -0.3 is 10.1 Å². The lowest BCUT2D eigenvalue weighted by molar-refractivity contribution is 0.0945. The summed E-state index contributed by atoms with van der Waals surface area (Å²) in [6, 6.07) is 1.93. The molecule has 1 aromatic rings. The van der Waals surface area contributed by atoms with Crippen LogP contribution in [0.25, 0.3) is 0 Å². The van der Waals surface area contributed by atoms with Gasteiger partial charge in [0.25, 0.3) is 5.91 Å². The maximum atomic E-state index is 13.4. The lowest BCUT2D eigenvalue weighted by Gasteiger charge is -2.22. The minimum atomic E-state index is -2.95. The van der Waals surface area contributed by atoms with Gasteiger partial charge in [0.05, 0.1) is 18.6 Å². The number of ether oxygens (including phenoxy) is 1. The van der Waals surface area contributed by atoms with E-state index in [1.165, 1.54) is 7.11 Å². The average molecular weight is 333 g/mol. The molecule has 22 heavy (non-hydrogen) atoms. The third-order valence-corrected chi connectivity index (χ3v) is 5.42. The molecule has 0 radical (unpaired) electrons. The quantitative estimate of drug-likeness (QED) is 0.907. The molecule has 1 N–H and O–H groups in total. The monoisotopic (exact) mass is 333 g/mol. The van der Waals surface area contributed by atoms with Gasteiger partial charge in [-0.15, -0.1) is 0 Å². The van der Waals surface area contributed by atoms with Crippen LogP contribution in [-0.2, 0) is 9.84 Å². The van der Waals surface area contributed by atoms with Crippen LogP contribution in [0.5, 0.6) is 5.75 Å². The van der Waals surface area contributed by atoms with Gasteiger partial charge in [-0.3, -0.25) is 4.79 Å². The van der Waals surface area contributed by atoms with Crippen molar-refractivity contribution in [1.82, 2.24) is 5.32 Å². The Morgan fingerprint density at radius 1 is 1.32 bits per heavy atom. The molecule has 0 bridgehead atoms. The Balaban J connectivity index is 1.97. The molecular formula is C14H17F2NO4S. The first kappa shape index (κ1) is 16.7. The molecule has 0 saturated carbocycles. The molecule has 8 heteroatoms. The van der Waals surface area contributed by atoms with Gasteiger partial charge in [0.1, 0.15) is 9.84 Å². The van der Waals surface area contributed by atoms with Crippen molar-refractivity contribution in [3.05, 3.63) is 29.3 Å². The van der Waals surface area contributed by atoms with Gasteiger partial charge in [0.15, 0.2) is 11.6 Å². The Kier molecular flexibility index (Phi) is 5.00. The van der Waals surface area contributed by atoms with E-state index in [0.29, 0.717) is 19.4 Å². The first-order valence-corrected chi connectivity index (χ1v) is 8.66. The number of nitrogens with one attached hydrogen (secondary N) is 1. The van der Waals surface area contributed by atoms with Crippen LogP contribution in [0, 0.1) is 17.6 Å². The summed E-state index contributed by atoms with van der Waals surface area (Å²) < 4.78 is 54.0. The Labute approximate surface area is 127 Å². The molecule has 0 unspecified atom stereocenters. The van der Waals surface area contributed by atoms with E-state index in [1.807, 2.05) is 0 Å². The lowest BCUT2D eigenvalue weighted by Crippen LogP contribution is -2.34. The first-order valence-electron chi connectivity index (χ1n) is 6.84. The van der Waals surface area contributed by atoms with E-state index in [2.05, 4.69) is 10.1 Å². The van der Waals surface area contributed by atoms with E-state index in [9.17, 15) is 22.0 Å². The number of carbonyl (C=O) groups excluding carboxylic acids is 1. The van der Waals surface area contributed by atoms with Crippen molar-refractivity contribution in [1.29, 1.82) is 0 Å². The molecule has 1 saturated heterocycles. The van der Waals surface area contributed by atoms with Crippen LogP contribution in [0.1, 0.15) is 23.2 Å². The summed E-state index contributed by atoms with van der Waals surface area (Å²) in [4.78, 5) is 12.0. The molecule has 122 valence electrons. The second-order valence-electron chi connectivity index (χ2n) is 5.28.